The summed E-state index contributed by atoms with van der Waals surface area (Å²) in [7, 11) is 1.72. The molecule has 0 aliphatic heterocycles. The topological polar surface area (TPSA) is 12.5 Å². The molecule has 0 aliphatic carbocycles. The molecule has 0 unspecified atom stereocenters. The Labute approximate surface area is 197 Å². The molecule has 0 atom stereocenters. The second kappa shape index (κ2) is 9.79. The van der Waals surface area contributed by atoms with Gasteiger partial charge in [0.15, 0.2) is 0 Å². The Morgan fingerprint density at radius 1 is 0.606 bits per heavy atom. The zero-order valence-corrected chi connectivity index (χ0v) is 20.1. The maximum atomic E-state index is 5.55. The molecule has 0 N–H and O–H groups in total. The molecule has 0 fully saturated rings. The summed E-state index contributed by atoms with van der Waals surface area (Å²) >= 11 is 0. The van der Waals surface area contributed by atoms with Crippen LogP contribution in [-0.2, 0) is 0 Å². The van der Waals surface area contributed by atoms with Crippen LogP contribution in [0.3, 0.4) is 0 Å². The second-order valence-corrected chi connectivity index (χ2v) is 8.63. The lowest BCUT2D eigenvalue weighted by atomic mass is 10.0. The maximum Gasteiger partial charge on any atom is 0.126 e. The fourth-order valence-electron chi connectivity index (χ4n) is 3.99. The van der Waals surface area contributed by atoms with E-state index in [9.17, 15) is 0 Å². The first-order valence-corrected chi connectivity index (χ1v) is 11.3. The van der Waals surface area contributed by atoms with Crippen LogP contribution in [0.1, 0.15) is 33.4 Å². The van der Waals surface area contributed by atoms with Gasteiger partial charge in [0.1, 0.15) is 5.75 Å². The first kappa shape index (κ1) is 22.4. The number of rotatable bonds is 6. The summed E-state index contributed by atoms with van der Waals surface area (Å²) in [6, 6.07) is 30.3. The van der Waals surface area contributed by atoms with Crippen LogP contribution >= 0.6 is 0 Å². The Balaban J connectivity index is 1.71. The lowest BCUT2D eigenvalue weighted by Gasteiger charge is -2.27. The van der Waals surface area contributed by atoms with Crippen molar-refractivity contribution in [3.05, 3.63) is 118 Å². The van der Waals surface area contributed by atoms with E-state index in [2.05, 4.69) is 130 Å². The van der Waals surface area contributed by atoms with E-state index in [1.54, 1.807) is 7.11 Å². The average Bonchev–Trinajstić information content (AvgIpc) is 2.82. The molecule has 0 aromatic heterocycles. The average molecular weight is 434 g/mol. The van der Waals surface area contributed by atoms with Crippen LogP contribution in [0.2, 0.25) is 0 Å². The Hall–Kier alpha value is -3.78. The van der Waals surface area contributed by atoms with Gasteiger partial charge in [-0.25, -0.2) is 0 Å². The molecule has 0 saturated carbocycles. The van der Waals surface area contributed by atoms with Gasteiger partial charge < -0.3 is 9.64 Å². The highest BCUT2D eigenvalue weighted by molar-refractivity contribution is 5.80. The van der Waals surface area contributed by atoms with Crippen molar-refractivity contribution in [3.8, 4) is 5.75 Å². The van der Waals surface area contributed by atoms with Crippen molar-refractivity contribution in [1.29, 1.82) is 0 Å². The summed E-state index contributed by atoms with van der Waals surface area (Å²) in [6.07, 6.45) is 4.26. The zero-order valence-electron chi connectivity index (χ0n) is 20.1. The van der Waals surface area contributed by atoms with E-state index < -0.39 is 0 Å². The largest absolute Gasteiger partial charge is 0.496 e. The van der Waals surface area contributed by atoms with Crippen molar-refractivity contribution >= 4 is 29.2 Å². The molecular weight excluding hydrogens is 402 g/mol. The molecule has 166 valence electrons. The summed E-state index contributed by atoms with van der Waals surface area (Å²) in [5.41, 5.74) is 10.6. The van der Waals surface area contributed by atoms with Gasteiger partial charge in [-0.3, -0.25) is 0 Å². The predicted molar refractivity (Wildman–Crippen MR) is 142 cm³/mol. The fraction of sp³-hybridized carbons (Fsp3) is 0.161. The molecule has 33 heavy (non-hydrogen) atoms. The molecule has 0 radical (unpaired) electrons. The normalized spacial score (nSPS) is 11.1. The molecule has 2 heteroatoms. The highest BCUT2D eigenvalue weighted by Gasteiger charge is 2.14. The summed E-state index contributed by atoms with van der Waals surface area (Å²) in [6.45, 7) is 8.49. The minimum Gasteiger partial charge on any atom is -0.496 e. The molecule has 0 bridgehead atoms. The number of hydrogen-bond donors (Lipinski definition) is 0. The molecular formula is C31H31NO. The van der Waals surface area contributed by atoms with Gasteiger partial charge in [-0.05, 0) is 86.8 Å². The van der Waals surface area contributed by atoms with Crippen molar-refractivity contribution in [2.24, 2.45) is 0 Å². The van der Waals surface area contributed by atoms with Gasteiger partial charge in [0.25, 0.3) is 0 Å². The summed E-state index contributed by atoms with van der Waals surface area (Å²) < 4.78 is 5.55. The number of benzene rings is 4. The van der Waals surface area contributed by atoms with Crippen molar-refractivity contribution in [3.63, 3.8) is 0 Å². The van der Waals surface area contributed by atoms with Crippen LogP contribution in [0.15, 0.2) is 84.9 Å². The summed E-state index contributed by atoms with van der Waals surface area (Å²) in [5, 5.41) is 0. The lowest BCUT2D eigenvalue weighted by molar-refractivity contribution is 0.413. The fourth-order valence-corrected chi connectivity index (χ4v) is 3.99. The van der Waals surface area contributed by atoms with Gasteiger partial charge in [-0.15, -0.1) is 0 Å². The minimum atomic E-state index is 0.893. The van der Waals surface area contributed by atoms with Crippen LogP contribution in [0.25, 0.3) is 12.2 Å². The van der Waals surface area contributed by atoms with Crippen LogP contribution in [-0.4, -0.2) is 7.11 Å². The molecule has 0 saturated heterocycles. The Morgan fingerprint density at radius 3 is 1.73 bits per heavy atom. The maximum absolute atomic E-state index is 5.55. The Morgan fingerprint density at radius 2 is 1.18 bits per heavy atom. The third-order valence-corrected chi connectivity index (χ3v) is 5.89. The number of hydrogen-bond acceptors (Lipinski definition) is 2. The Kier molecular flexibility index (Phi) is 6.65. The van der Waals surface area contributed by atoms with Crippen molar-refractivity contribution in [2.45, 2.75) is 27.7 Å². The summed E-state index contributed by atoms with van der Waals surface area (Å²) in [4.78, 5) is 2.32. The smallest absolute Gasteiger partial charge is 0.126 e. The van der Waals surface area contributed by atoms with Crippen LogP contribution in [0.5, 0.6) is 5.75 Å². The molecule has 4 aromatic carbocycles. The standard InChI is InChI=1S/C31H31NO/c1-22-7-15-28(16-8-22)32(29-17-9-23(2)10-18-29)30-19-12-26(21-25(30)4)11-14-27-13-6-24(3)20-31(27)33-5/h6-21H,1-5H3. The third-order valence-electron chi connectivity index (χ3n) is 5.89. The highest BCUT2D eigenvalue weighted by Crippen LogP contribution is 2.37. The summed E-state index contributed by atoms with van der Waals surface area (Å²) in [5.74, 6) is 0.893. The molecule has 4 rings (SSSR count). The van der Waals surface area contributed by atoms with Gasteiger partial charge in [-0.1, -0.05) is 65.7 Å². The minimum absolute atomic E-state index is 0.893. The number of methoxy groups -OCH3 is 1. The van der Waals surface area contributed by atoms with Crippen molar-refractivity contribution < 1.29 is 4.74 Å². The van der Waals surface area contributed by atoms with Gasteiger partial charge in [-0.2, -0.15) is 0 Å². The number of ether oxygens (including phenoxy) is 1. The molecule has 0 aliphatic rings. The van der Waals surface area contributed by atoms with Gasteiger partial charge in [0.05, 0.1) is 7.11 Å². The van der Waals surface area contributed by atoms with E-state index in [1.807, 2.05) is 0 Å². The number of nitrogens with zero attached hydrogens (tertiary/aromatic N) is 1. The quantitative estimate of drug-likeness (QED) is 0.282. The zero-order chi connectivity index (χ0) is 23.4. The van der Waals surface area contributed by atoms with E-state index in [4.69, 9.17) is 4.74 Å². The van der Waals surface area contributed by atoms with Gasteiger partial charge in [0, 0.05) is 22.6 Å². The lowest BCUT2D eigenvalue weighted by Crippen LogP contribution is -2.11. The van der Waals surface area contributed by atoms with Crippen molar-refractivity contribution in [1.82, 2.24) is 0 Å². The van der Waals surface area contributed by atoms with E-state index in [-0.39, 0.29) is 0 Å². The number of anilines is 3. The van der Waals surface area contributed by atoms with E-state index in [0.717, 1.165) is 28.3 Å². The van der Waals surface area contributed by atoms with E-state index in [0.29, 0.717) is 0 Å². The van der Waals surface area contributed by atoms with E-state index in [1.165, 1.54) is 27.9 Å². The first-order chi connectivity index (χ1) is 15.9. The SMILES string of the molecule is COc1cc(C)ccc1C=Cc1ccc(N(c2ccc(C)cc2)c2ccc(C)cc2)c(C)c1. The monoisotopic (exact) mass is 433 g/mol. The number of aryl methyl sites for hydroxylation is 4. The second-order valence-electron chi connectivity index (χ2n) is 8.63. The predicted octanol–water partition coefficient (Wildman–Crippen LogP) is 8.57. The molecule has 0 spiro atoms. The van der Waals surface area contributed by atoms with E-state index >= 15 is 0 Å². The molecule has 0 amide bonds. The molecule has 4 aromatic rings. The first-order valence-electron chi connectivity index (χ1n) is 11.3. The molecule has 0 heterocycles. The third kappa shape index (κ3) is 5.18. The van der Waals surface area contributed by atoms with Crippen molar-refractivity contribution in [2.75, 3.05) is 12.0 Å². The van der Waals surface area contributed by atoms with Crippen LogP contribution in [0.4, 0.5) is 17.1 Å². The van der Waals surface area contributed by atoms with Gasteiger partial charge >= 0.3 is 0 Å². The van der Waals surface area contributed by atoms with Crippen LogP contribution in [0, 0.1) is 27.7 Å². The molecule has 2 nitrogen and oxygen atoms in total. The Bertz CT molecular complexity index is 1220. The highest BCUT2D eigenvalue weighted by atomic mass is 16.5. The van der Waals surface area contributed by atoms with Crippen LogP contribution < -0.4 is 9.64 Å². The van der Waals surface area contributed by atoms with Gasteiger partial charge in [0.2, 0.25) is 0 Å².